The van der Waals surface area contributed by atoms with Crippen molar-refractivity contribution in [3.05, 3.63) is 53.3 Å². The highest BCUT2D eigenvalue weighted by molar-refractivity contribution is 7.93. The van der Waals surface area contributed by atoms with Crippen LogP contribution in [0.2, 0.25) is 0 Å². The van der Waals surface area contributed by atoms with E-state index in [9.17, 15) is 22.4 Å². The van der Waals surface area contributed by atoms with Gasteiger partial charge in [-0.2, -0.15) is 0 Å². The monoisotopic (exact) mass is 432 g/mol. The van der Waals surface area contributed by atoms with E-state index in [0.717, 1.165) is 17.2 Å². The van der Waals surface area contributed by atoms with Crippen molar-refractivity contribution in [2.75, 3.05) is 10.6 Å². The molecule has 0 aromatic heterocycles. The van der Waals surface area contributed by atoms with E-state index in [0.29, 0.717) is 12.8 Å². The molecule has 0 saturated heterocycles. The molecule has 1 aliphatic rings. The average Bonchev–Trinajstić information content (AvgIpc) is 3.18. The number of benzene rings is 2. The molecule has 8 heteroatoms. The Hall–Kier alpha value is -2.74. The van der Waals surface area contributed by atoms with Crippen molar-refractivity contribution >= 4 is 33.0 Å². The van der Waals surface area contributed by atoms with Crippen molar-refractivity contribution in [3.63, 3.8) is 0 Å². The first-order chi connectivity index (χ1) is 14.1. The van der Waals surface area contributed by atoms with Crippen molar-refractivity contribution in [3.8, 4) is 0 Å². The smallest absolute Gasteiger partial charge is 0.246 e. The quantitative estimate of drug-likeness (QED) is 0.743. The number of aryl methyl sites for hydroxylation is 2. The molecule has 0 spiro atoms. The van der Waals surface area contributed by atoms with E-state index in [1.165, 1.54) is 25.1 Å². The summed E-state index contributed by atoms with van der Waals surface area (Å²) in [6, 6.07) is 8.61. The van der Waals surface area contributed by atoms with Gasteiger partial charge >= 0.3 is 0 Å². The van der Waals surface area contributed by atoms with Crippen molar-refractivity contribution < 1.29 is 22.4 Å². The molecule has 1 aliphatic carbocycles. The molecule has 160 valence electrons. The van der Waals surface area contributed by atoms with E-state index in [2.05, 4.69) is 10.6 Å². The number of hydrogen-bond acceptors (Lipinski definition) is 4. The van der Waals surface area contributed by atoms with Crippen LogP contribution >= 0.6 is 0 Å². The van der Waals surface area contributed by atoms with E-state index in [4.69, 9.17) is 0 Å². The standard InChI is InChI=1S/C22H25FN2O4S/c1-14-6-8-18(12-15(14)2)30(28,29)22(10-4-5-11-22)21(27)25-17-7-9-19(23)20(13-17)24-16(3)26/h6-9,12-13H,4-5,10-11H2,1-3H3,(H,24,26)(H,25,27). The zero-order chi connectivity index (χ0) is 22.1. The van der Waals surface area contributed by atoms with Crippen LogP contribution in [-0.2, 0) is 19.4 Å². The molecule has 1 saturated carbocycles. The highest BCUT2D eigenvalue weighted by Gasteiger charge is 2.53. The summed E-state index contributed by atoms with van der Waals surface area (Å²) in [4.78, 5) is 24.6. The average molecular weight is 433 g/mol. The zero-order valence-corrected chi connectivity index (χ0v) is 18.0. The van der Waals surface area contributed by atoms with Crippen LogP contribution in [0, 0.1) is 19.7 Å². The van der Waals surface area contributed by atoms with Gasteiger partial charge in [0.15, 0.2) is 14.6 Å². The van der Waals surface area contributed by atoms with E-state index < -0.39 is 32.2 Å². The first-order valence-electron chi connectivity index (χ1n) is 9.77. The number of anilines is 2. The molecule has 0 radical (unpaired) electrons. The second-order valence-corrected chi connectivity index (χ2v) is 10.0. The van der Waals surface area contributed by atoms with E-state index in [-0.39, 0.29) is 29.1 Å². The third-order valence-electron chi connectivity index (χ3n) is 5.66. The molecule has 3 rings (SSSR count). The summed E-state index contributed by atoms with van der Waals surface area (Å²) >= 11 is 0. The molecular weight excluding hydrogens is 407 g/mol. The fourth-order valence-corrected chi connectivity index (χ4v) is 5.96. The van der Waals surface area contributed by atoms with Gasteiger partial charge in [0, 0.05) is 12.6 Å². The SMILES string of the molecule is CC(=O)Nc1cc(NC(=O)C2(S(=O)(=O)c3ccc(C)c(C)c3)CCCC2)ccc1F. The lowest BCUT2D eigenvalue weighted by Crippen LogP contribution is -2.47. The normalized spacial score (nSPS) is 15.6. The Labute approximate surface area is 175 Å². The van der Waals surface area contributed by atoms with E-state index >= 15 is 0 Å². The minimum absolute atomic E-state index is 0.0854. The molecule has 2 aromatic carbocycles. The summed E-state index contributed by atoms with van der Waals surface area (Å²) in [7, 11) is -3.95. The molecule has 0 unspecified atom stereocenters. The minimum atomic E-state index is -3.95. The van der Waals surface area contributed by atoms with Gasteiger partial charge in [-0.25, -0.2) is 12.8 Å². The van der Waals surface area contributed by atoms with Gasteiger partial charge in [0.1, 0.15) is 5.82 Å². The predicted molar refractivity (Wildman–Crippen MR) is 114 cm³/mol. The summed E-state index contributed by atoms with van der Waals surface area (Å²) in [6.07, 6.45) is 1.68. The third kappa shape index (κ3) is 3.96. The van der Waals surface area contributed by atoms with Crippen LogP contribution in [0.15, 0.2) is 41.3 Å². The first kappa shape index (κ1) is 22.0. The van der Waals surface area contributed by atoms with Gasteiger partial charge in [-0.05, 0) is 68.1 Å². The number of amides is 2. The van der Waals surface area contributed by atoms with Crippen LogP contribution in [-0.4, -0.2) is 25.0 Å². The summed E-state index contributed by atoms with van der Waals surface area (Å²) < 4.78 is 39.4. The van der Waals surface area contributed by atoms with Gasteiger partial charge in [0.05, 0.1) is 10.6 Å². The highest BCUT2D eigenvalue weighted by Crippen LogP contribution is 2.42. The zero-order valence-electron chi connectivity index (χ0n) is 17.2. The third-order valence-corrected chi connectivity index (χ3v) is 8.16. The predicted octanol–water partition coefficient (Wildman–Crippen LogP) is 4.13. The maximum absolute atomic E-state index is 13.9. The molecule has 1 fully saturated rings. The van der Waals surface area contributed by atoms with Crippen LogP contribution in [0.4, 0.5) is 15.8 Å². The molecule has 30 heavy (non-hydrogen) atoms. The van der Waals surface area contributed by atoms with E-state index in [1.807, 2.05) is 13.8 Å². The summed E-state index contributed by atoms with van der Waals surface area (Å²) in [6.45, 7) is 4.97. The molecule has 2 N–H and O–H groups in total. The number of nitrogens with one attached hydrogen (secondary N) is 2. The molecule has 6 nitrogen and oxygen atoms in total. The number of hydrogen-bond donors (Lipinski definition) is 2. The Kier molecular flexibility index (Phi) is 5.99. The Morgan fingerprint density at radius 3 is 2.23 bits per heavy atom. The molecule has 0 bridgehead atoms. The minimum Gasteiger partial charge on any atom is -0.325 e. The number of rotatable bonds is 5. The number of halogens is 1. The summed E-state index contributed by atoms with van der Waals surface area (Å²) in [5, 5.41) is 4.98. The van der Waals surface area contributed by atoms with Crippen LogP contribution in [0.3, 0.4) is 0 Å². The summed E-state index contributed by atoms with van der Waals surface area (Å²) in [5.74, 6) is -1.75. The Morgan fingerprint density at radius 1 is 0.967 bits per heavy atom. The molecular formula is C22H25FN2O4S. The molecule has 0 atom stereocenters. The Bertz CT molecular complexity index is 1110. The van der Waals surface area contributed by atoms with Gasteiger partial charge in [0.25, 0.3) is 0 Å². The van der Waals surface area contributed by atoms with Crippen molar-refractivity contribution in [1.82, 2.24) is 0 Å². The van der Waals surface area contributed by atoms with Crippen LogP contribution in [0.25, 0.3) is 0 Å². The summed E-state index contributed by atoms with van der Waals surface area (Å²) in [5.41, 5.74) is 1.93. The van der Waals surface area contributed by atoms with Crippen LogP contribution in [0.5, 0.6) is 0 Å². The van der Waals surface area contributed by atoms with Gasteiger partial charge in [-0.3, -0.25) is 9.59 Å². The maximum Gasteiger partial charge on any atom is 0.246 e. The van der Waals surface area contributed by atoms with Crippen LogP contribution in [0.1, 0.15) is 43.7 Å². The number of carbonyl (C=O) groups excluding carboxylic acids is 2. The second kappa shape index (κ2) is 8.18. The number of carbonyl (C=O) groups is 2. The largest absolute Gasteiger partial charge is 0.325 e. The fraction of sp³-hybridized carbons (Fsp3) is 0.364. The molecule has 2 aromatic rings. The Morgan fingerprint density at radius 2 is 1.63 bits per heavy atom. The lowest BCUT2D eigenvalue weighted by Gasteiger charge is -2.28. The maximum atomic E-state index is 13.9. The fourth-order valence-electron chi connectivity index (χ4n) is 3.80. The van der Waals surface area contributed by atoms with E-state index in [1.54, 1.807) is 12.1 Å². The van der Waals surface area contributed by atoms with Gasteiger partial charge in [0.2, 0.25) is 11.8 Å². The second-order valence-electron chi connectivity index (χ2n) is 7.78. The Balaban J connectivity index is 1.97. The van der Waals surface area contributed by atoms with Gasteiger partial charge < -0.3 is 10.6 Å². The topological polar surface area (TPSA) is 92.3 Å². The lowest BCUT2D eigenvalue weighted by atomic mass is 10.1. The van der Waals surface area contributed by atoms with Gasteiger partial charge in [-0.15, -0.1) is 0 Å². The molecule has 2 amide bonds. The van der Waals surface area contributed by atoms with Gasteiger partial charge in [-0.1, -0.05) is 18.9 Å². The lowest BCUT2D eigenvalue weighted by molar-refractivity contribution is -0.118. The van der Waals surface area contributed by atoms with Crippen molar-refractivity contribution in [2.45, 2.75) is 56.1 Å². The number of sulfone groups is 1. The molecule has 0 aliphatic heterocycles. The first-order valence-corrected chi connectivity index (χ1v) is 11.3. The van der Waals surface area contributed by atoms with Crippen LogP contribution < -0.4 is 10.6 Å². The highest BCUT2D eigenvalue weighted by atomic mass is 32.2. The molecule has 0 heterocycles. The van der Waals surface area contributed by atoms with Crippen molar-refractivity contribution in [2.24, 2.45) is 0 Å². The van der Waals surface area contributed by atoms with Crippen molar-refractivity contribution in [1.29, 1.82) is 0 Å².